The van der Waals surface area contributed by atoms with Gasteiger partial charge in [-0.2, -0.15) is 5.10 Å². The molecule has 2 aromatic rings. The Morgan fingerprint density at radius 3 is 2.62 bits per heavy atom. The monoisotopic (exact) mass is 235 g/mol. The molecule has 3 nitrogen and oxygen atoms in total. The van der Waals surface area contributed by atoms with E-state index in [0.29, 0.717) is 0 Å². The van der Waals surface area contributed by atoms with Crippen molar-refractivity contribution < 1.29 is 0 Å². The smallest absolute Gasteiger partial charge is 0.125 e. The normalized spacial score (nSPS) is 10.9. The number of thiophene rings is 1. The van der Waals surface area contributed by atoms with Gasteiger partial charge in [0.2, 0.25) is 0 Å². The van der Waals surface area contributed by atoms with Gasteiger partial charge >= 0.3 is 0 Å². The summed E-state index contributed by atoms with van der Waals surface area (Å²) in [6.45, 7) is 4.29. The molecule has 0 bridgehead atoms. The quantitative estimate of drug-likeness (QED) is 0.889. The zero-order valence-electron chi connectivity index (χ0n) is 9.95. The van der Waals surface area contributed by atoms with E-state index in [1.807, 2.05) is 7.05 Å². The number of aromatic nitrogens is 2. The molecule has 0 aliphatic carbocycles. The largest absolute Gasteiger partial charge is 0.384 e. The molecule has 2 aromatic heterocycles. The van der Waals surface area contributed by atoms with E-state index < -0.39 is 0 Å². The number of hydrogen-bond donors (Lipinski definition) is 1. The number of nitrogens with two attached hydrogens (primary N) is 1. The third-order valence-electron chi connectivity index (χ3n) is 2.79. The van der Waals surface area contributed by atoms with E-state index in [9.17, 15) is 0 Å². The Morgan fingerprint density at radius 1 is 1.31 bits per heavy atom. The van der Waals surface area contributed by atoms with Gasteiger partial charge in [0.25, 0.3) is 0 Å². The third-order valence-corrected chi connectivity index (χ3v) is 4.03. The van der Waals surface area contributed by atoms with Crippen molar-refractivity contribution in [3.05, 3.63) is 22.6 Å². The van der Waals surface area contributed by atoms with Gasteiger partial charge in [0.1, 0.15) is 11.5 Å². The molecule has 4 heteroatoms. The van der Waals surface area contributed by atoms with Crippen molar-refractivity contribution in [3.8, 4) is 10.6 Å². The molecule has 2 N–H and O–H groups in total. The van der Waals surface area contributed by atoms with Crippen LogP contribution < -0.4 is 5.73 Å². The van der Waals surface area contributed by atoms with E-state index >= 15 is 0 Å². The van der Waals surface area contributed by atoms with Crippen LogP contribution in [0.1, 0.15) is 24.3 Å². The molecule has 0 aliphatic rings. The highest BCUT2D eigenvalue weighted by molar-refractivity contribution is 7.15. The fraction of sp³-hybridized carbons (Fsp3) is 0.417. The van der Waals surface area contributed by atoms with Crippen molar-refractivity contribution in [2.45, 2.75) is 26.7 Å². The molecule has 0 atom stereocenters. The van der Waals surface area contributed by atoms with Crippen molar-refractivity contribution in [3.63, 3.8) is 0 Å². The maximum absolute atomic E-state index is 6.00. The lowest BCUT2D eigenvalue weighted by Crippen LogP contribution is -1.98. The Bertz CT molecular complexity index is 496. The number of hydrogen-bond acceptors (Lipinski definition) is 3. The zero-order chi connectivity index (χ0) is 11.7. The van der Waals surface area contributed by atoms with Crippen molar-refractivity contribution in [2.75, 3.05) is 5.73 Å². The Balaban J connectivity index is 2.50. The molecule has 0 saturated carbocycles. The molecule has 16 heavy (non-hydrogen) atoms. The van der Waals surface area contributed by atoms with Gasteiger partial charge in [0.05, 0.1) is 4.88 Å². The predicted octanol–water partition coefficient (Wildman–Crippen LogP) is 2.86. The van der Waals surface area contributed by atoms with E-state index in [4.69, 9.17) is 5.73 Å². The van der Waals surface area contributed by atoms with Crippen molar-refractivity contribution in [2.24, 2.45) is 7.05 Å². The second-order valence-electron chi connectivity index (χ2n) is 3.81. The molecule has 0 fully saturated rings. The molecule has 0 aliphatic heterocycles. The predicted molar refractivity (Wildman–Crippen MR) is 69.7 cm³/mol. The molecule has 0 amide bonds. The van der Waals surface area contributed by atoms with Crippen LogP contribution in [0.15, 0.2) is 12.1 Å². The molecule has 86 valence electrons. The van der Waals surface area contributed by atoms with Crippen LogP contribution >= 0.6 is 11.3 Å². The lowest BCUT2D eigenvalue weighted by Gasteiger charge is -1.97. The highest BCUT2D eigenvalue weighted by Gasteiger charge is 2.15. The van der Waals surface area contributed by atoms with E-state index in [1.165, 1.54) is 9.75 Å². The molecular weight excluding hydrogens is 218 g/mol. The first-order chi connectivity index (χ1) is 7.67. The van der Waals surface area contributed by atoms with Crippen LogP contribution in [0.4, 0.5) is 5.82 Å². The first-order valence-corrected chi connectivity index (χ1v) is 6.39. The maximum Gasteiger partial charge on any atom is 0.125 e. The van der Waals surface area contributed by atoms with Crippen LogP contribution in [-0.4, -0.2) is 9.78 Å². The molecule has 0 spiro atoms. The van der Waals surface area contributed by atoms with E-state index in [2.05, 4.69) is 31.1 Å². The number of anilines is 1. The van der Waals surface area contributed by atoms with Gasteiger partial charge in [0, 0.05) is 17.5 Å². The fourth-order valence-electron chi connectivity index (χ4n) is 1.82. The van der Waals surface area contributed by atoms with E-state index in [0.717, 1.165) is 29.9 Å². The summed E-state index contributed by atoms with van der Waals surface area (Å²) in [5, 5.41) is 4.50. The topological polar surface area (TPSA) is 43.8 Å². The number of rotatable bonds is 3. The summed E-state index contributed by atoms with van der Waals surface area (Å²) in [5.41, 5.74) is 8.20. The molecule has 2 rings (SSSR count). The van der Waals surface area contributed by atoms with E-state index in [1.54, 1.807) is 16.0 Å². The van der Waals surface area contributed by atoms with Gasteiger partial charge in [-0.05, 0) is 25.0 Å². The van der Waals surface area contributed by atoms with Gasteiger partial charge < -0.3 is 5.73 Å². The molecule has 0 saturated heterocycles. The minimum absolute atomic E-state index is 0.781. The summed E-state index contributed by atoms with van der Waals surface area (Å²) >= 11 is 1.81. The van der Waals surface area contributed by atoms with Gasteiger partial charge in [-0.15, -0.1) is 11.3 Å². The van der Waals surface area contributed by atoms with Gasteiger partial charge in [-0.3, -0.25) is 4.68 Å². The van der Waals surface area contributed by atoms with Crippen LogP contribution in [0, 0.1) is 0 Å². The Labute approximate surface area is 99.9 Å². The molecule has 0 unspecified atom stereocenters. The molecule has 2 heterocycles. The number of aryl methyl sites for hydroxylation is 2. The number of nitrogens with zero attached hydrogens (tertiary/aromatic N) is 2. The van der Waals surface area contributed by atoms with Crippen LogP contribution in [0.3, 0.4) is 0 Å². The third kappa shape index (κ3) is 1.73. The minimum Gasteiger partial charge on any atom is -0.384 e. The number of nitrogen functional groups attached to an aromatic ring is 1. The molecule has 0 radical (unpaired) electrons. The molecular formula is C12H17N3S. The van der Waals surface area contributed by atoms with Gasteiger partial charge in [-0.25, -0.2) is 0 Å². The highest BCUT2D eigenvalue weighted by Crippen LogP contribution is 2.32. The summed E-state index contributed by atoms with van der Waals surface area (Å²) in [5.74, 6) is 0.781. The average molecular weight is 235 g/mol. The van der Waals surface area contributed by atoms with Crippen LogP contribution in [0.25, 0.3) is 10.6 Å². The van der Waals surface area contributed by atoms with Crippen molar-refractivity contribution >= 4 is 17.2 Å². The Morgan fingerprint density at radius 2 is 2.06 bits per heavy atom. The second-order valence-corrected chi connectivity index (χ2v) is 4.98. The summed E-state index contributed by atoms with van der Waals surface area (Å²) in [7, 11) is 1.90. The first-order valence-electron chi connectivity index (χ1n) is 5.57. The second kappa shape index (κ2) is 4.29. The molecule has 0 aromatic carbocycles. The fourth-order valence-corrected chi connectivity index (χ4v) is 2.78. The highest BCUT2D eigenvalue weighted by atomic mass is 32.1. The van der Waals surface area contributed by atoms with Crippen LogP contribution in [0.5, 0.6) is 0 Å². The summed E-state index contributed by atoms with van der Waals surface area (Å²) in [6.07, 6.45) is 2.00. The van der Waals surface area contributed by atoms with Crippen LogP contribution in [0.2, 0.25) is 0 Å². The van der Waals surface area contributed by atoms with E-state index in [-0.39, 0.29) is 0 Å². The standard InChI is InChI=1S/C12H17N3S/c1-4-8-6-7-10(16-8)11-9(5-2)12(13)15(3)14-11/h6-7H,4-5,13H2,1-3H3. The first kappa shape index (κ1) is 11.2. The summed E-state index contributed by atoms with van der Waals surface area (Å²) in [6, 6.07) is 4.31. The maximum atomic E-state index is 6.00. The average Bonchev–Trinajstić information content (AvgIpc) is 2.85. The summed E-state index contributed by atoms with van der Waals surface area (Å²) < 4.78 is 1.76. The SMILES string of the molecule is CCc1ccc(-c2nn(C)c(N)c2CC)s1. The van der Waals surface area contributed by atoms with Gasteiger partial charge in [-0.1, -0.05) is 13.8 Å². The van der Waals surface area contributed by atoms with Gasteiger partial charge in [0.15, 0.2) is 0 Å². The Kier molecular flexibility index (Phi) is 3.01. The van der Waals surface area contributed by atoms with Crippen molar-refractivity contribution in [1.29, 1.82) is 0 Å². The van der Waals surface area contributed by atoms with Crippen molar-refractivity contribution in [1.82, 2.24) is 9.78 Å². The summed E-state index contributed by atoms with van der Waals surface area (Å²) in [4.78, 5) is 2.61. The zero-order valence-corrected chi connectivity index (χ0v) is 10.8. The Hall–Kier alpha value is -1.29. The minimum atomic E-state index is 0.781. The lowest BCUT2D eigenvalue weighted by atomic mass is 10.1. The lowest BCUT2D eigenvalue weighted by molar-refractivity contribution is 0.782. The van der Waals surface area contributed by atoms with Crippen LogP contribution in [-0.2, 0) is 19.9 Å².